The molecule has 94 valence electrons. The summed E-state index contributed by atoms with van der Waals surface area (Å²) < 4.78 is 0. The zero-order valence-corrected chi connectivity index (χ0v) is 10.7. The van der Waals surface area contributed by atoms with Gasteiger partial charge in [0.25, 0.3) is 0 Å². The molecular weight excluding hydrogens is 250 g/mol. The molecule has 0 atom stereocenters. The Hall–Kier alpha value is -1.60. The lowest BCUT2D eigenvalue weighted by Crippen LogP contribution is -2.36. The summed E-state index contributed by atoms with van der Waals surface area (Å²) in [5.74, 6) is -0.228. The summed E-state index contributed by atoms with van der Waals surface area (Å²) in [6.07, 6.45) is 5.72. The minimum Gasteiger partial charge on any atom is -0.323 e. The van der Waals surface area contributed by atoms with Crippen LogP contribution < -0.4 is 5.32 Å². The molecule has 1 heterocycles. The van der Waals surface area contributed by atoms with Gasteiger partial charge >= 0.3 is 0 Å². The van der Waals surface area contributed by atoms with Gasteiger partial charge in [0.1, 0.15) is 10.6 Å². The molecule has 0 aliphatic heterocycles. The molecule has 18 heavy (non-hydrogen) atoms. The predicted octanol–water partition coefficient (Wildman–Crippen LogP) is 3.15. The van der Waals surface area contributed by atoms with Crippen LogP contribution in [0.3, 0.4) is 0 Å². The Morgan fingerprint density at radius 3 is 2.67 bits per heavy atom. The van der Waals surface area contributed by atoms with Gasteiger partial charge in [0, 0.05) is 0 Å². The predicted molar refractivity (Wildman–Crippen MR) is 69.0 cm³/mol. The Kier molecular flexibility index (Phi) is 3.83. The maximum Gasteiger partial charge on any atom is 0.244 e. The number of carbonyl (C=O) groups is 1. The summed E-state index contributed by atoms with van der Waals surface area (Å²) in [7, 11) is 0. The Balaban J connectivity index is 2.11. The average Bonchev–Trinajstić information content (AvgIpc) is 2.42. The molecule has 4 nitrogen and oxygen atoms in total. The van der Waals surface area contributed by atoms with E-state index in [1.165, 1.54) is 6.20 Å². The topological polar surface area (TPSA) is 65.8 Å². The van der Waals surface area contributed by atoms with Gasteiger partial charge in [0.05, 0.1) is 18.0 Å². The summed E-state index contributed by atoms with van der Waals surface area (Å²) in [6, 6.07) is 5.48. The molecule has 1 aliphatic carbocycles. The molecule has 1 N–H and O–H groups in total. The number of nitriles is 1. The van der Waals surface area contributed by atoms with Gasteiger partial charge < -0.3 is 5.32 Å². The summed E-state index contributed by atoms with van der Waals surface area (Å²) in [5, 5.41) is 12.4. The first-order valence-electron chi connectivity index (χ1n) is 6.00. The number of carbonyl (C=O) groups excluding carboxylic acids is 1. The smallest absolute Gasteiger partial charge is 0.244 e. The Labute approximate surface area is 111 Å². The van der Waals surface area contributed by atoms with Gasteiger partial charge in [-0.3, -0.25) is 4.79 Å². The van der Waals surface area contributed by atoms with Crippen molar-refractivity contribution in [1.82, 2.24) is 4.98 Å². The highest BCUT2D eigenvalue weighted by Crippen LogP contribution is 2.36. The van der Waals surface area contributed by atoms with Crippen LogP contribution in [0, 0.1) is 16.7 Å². The van der Waals surface area contributed by atoms with E-state index in [1.54, 1.807) is 12.1 Å². The second kappa shape index (κ2) is 5.36. The molecule has 0 bridgehead atoms. The molecule has 0 saturated heterocycles. The van der Waals surface area contributed by atoms with Gasteiger partial charge in [-0.1, -0.05) is 30.9 Å². The van der Waals surface area contributed by atoms with Gasteiger partial charge in [-0.25, -0.2) is 4.98 Å². The van der Waals surface area contributed by atoms with E-state index in [0.29, 0.717) is 23.7 Å². The number of nitrogens with zero attached hydrogens (tertiary/aromatic N) is 2. The standard InChI is InChI=1S/C13H14ClN3O/c14-11-5-4-10(8-16-11)17-12(18)13(9-15)6-2-1-3-7-13/h4-5,8H,1-3,6-7H2,(H,17,18). The quantitative estimate of drug-likeness (QED) is 0.834. The van der Waals surface area contributed by atoms with Crippen molar-refractivity contribution >= 4 is 23.2 Å². The van der Waals surface area contributed by atoms with Crippen LogP contribution in [-0.4, -0.2) is 10.9 Å². The van der Waals surface area contributed by atoms with Crippen LogP contribution >= 0.6 is 11.6 Å². The first-order valence-corrected chi connectivity index (χ1v) is 6.38. The number of aromatic nitrogens is 1. The largest absolute Gasteiger partial charge is 0.323 e. The van der Waals surface area contributed by atoms with Gasteiger partial charge in [0.15, 0.2) is 0 Å². The Bertz CT molecular complexity index is 472. The Morgan fingerprint density at radius 1 is 1.39 bits per heavy atom. The fraction of sp³-hybridized carbons (Fsp3) is 0.462. The third-order valence-corrected chi connectivity index (χ3v) is 3.56. The van der Waals surface area contributed by atoms with Gasteiger partial charge in [0.2, 0.25) is 5.91 Å². The minimum atomic E-state index is -0.877. The second-order valence-electron chi connectivity index (χ2n) is 4.58. The van der Waals surface area contributed by atoms with Crippen LogP contribution in [0.1, 0.15) is 32.1 Å². The van der Waals surface area contributed by atoms with E-state index < -0.39 is 5.41 Å². The molecule has 0 aromatic carbocycles. The molecule has 0 unspecified atom stereocenters. The maximum absolute atomic E-state index is 12.2. The van der Waals surface area contributed by atoms with Crippen molar-refractivity contribution in [3.8, 4) is 6.07 Å². The minimum absolute atomic E-state index is 0.228. The van der Waals surface area contributed by atoms with Gasteiger partial charge in [-0.2, -0.15) is 5.26 Å². The monoisotopic (exact) mass is 263 g/mol. The number of amides is 1. The van der Waals surface area contributed by atoms with Crippen LogP contribution in [0.2, 0.25) is 5.15 Å². The first kappa shape index (κ1) is 12.8. The number of anilines is 1. The van der Waals surface area contributed by atoms with E-state index in [1.807, 2.05) is 0 Å². The lowest BCUT2D eigenvalue weighted by Gasteiger charge is -2.29. The number of hydrogen-bond acceptors (Lipinski definition) is 3. The highest BCUT2D eigenvalue weighted by molar-refractivity contribution is 6.29. The molecule has 5 heteroatoms. The van der Waals surface area contributed by atoms with Crippen molar-refractivity contribution in [2.75, 3.05) is 5.32 Å². The summed E-state index contributed by atoms with van der Waals surface area (Å²) in [4.78, 5) is 16.1. The van der Waals surface area contributed by atoms with Crippen LogP contribution in [0.4, 0.5) is 5.69 Å². The molecule has 1 amide bonds. The first-order chi connectivity index (χ1) is 8.66. The average molecular weight is 264 g/mol. The molecule has 2 rings (SSSR count). The van der Waals surface area contributed by atoms with Crippen LogP contribution in [0.15, 0.2) is 18.3 Å². The van der Waals surface area contributed by atoms with Crippen molar-refractivity contribution in [2.24, 2.45) is 5.41 Å². The maximum atomic E-state index is 12.2. The summed E-state index contributed by atoms with van der Waals surface area (Å²) in [6.45, 7) is 0. The highest BCUT2D eigenvalue weighted by Gasteiger charge is 2.39. The summed E-state index contributed by atoms with van der Waals surface area (Å²) >= 11 is 5.68. The highest BCUT2D eigenvalue weighted by atomic mass is 35.5. The van der Waals surface area contributed by atoms with Crippen molar-refractivity contribution in [1.29, 1.82) is 5.26 Å². The van der Waals surface area contributed by atoms with Gasteiger partial charge in [-0.05, 0) is 25.0 Å². The number of pyridine rings is 1. The molecular formula is C13H14ClN3O. The third kappa shape index (κ3) is 2.62. The molecule has 1 saturated carbocycles. The lowest BCUT2D eigenvalue weighted by molar-refractivity contribution is -0.124. The fourth-order valence-electron chi connectivity index (χ4n) is 2.25. The van der Waals surface area contributed by atoms with E-state index >= 15 is 0 Å². The van der Waals surface area contributed by atoms with Gasteiger partial charge in [-0.15, -0.1) is 0 Å². The number of halogens is 1. The summed E-state index contributed by atoms with van der Waals surface area (Å²) in [5.41, 5.74) is -0.303. The number of hydrogen-bond donors (Lipinski definition) is 1. The van der Waals surface area contributed by atoms with Crippen molar-refractivity contribution in [2.45, 2.75) is 32.1 Å². The molecule has 1 aromatic heterocycles. The lowest BCUT2D eigenvalue weighted by atomic mass is 9.74. The van der Waals surface area contributed by atoms with Crippen LogP contribution in [0.5, 0.6) is 0 Å². The zero-order chi connectivity index (χ0) is 13.0. The Morgan fingerprint density at radius 2 is 2.11 bits per heavy atom. The van der Waals surface area contributed by atoms with Crippen LogP contribution in [-0.2, 0) is 4.79 Å². The number of rotatable bonds is 2. The van der Waals surface area contributed by atoms with Crippen molar-refractivity contribution in [3.05, 3.63) is 23.5 Å². The molecule has 0 spiro atoms. The molecule has 1 fully saturated rings. The van der Waals surface area contributed by atoms with E-state index in [2.05, 4.69) is 16.4 Å². The third-order valence-electron chi connectivity index (χ3n) is 3.34. The zero-order valence-electron chi connectivity index (χ0n) is 9.95. The van der Waals surface area contributed by atoms with E-state index in [0.717, 1.165) is 19.3 Å². The second-order valence-corrected chi connectivity index (χ2v) is 4.97. The van der Waals surface area contributed by atoms with Crippen molar-refractivity contribution in [3.63, 3.8) is 0 Å². The molecule has 1 aliphatic rings. The van der Waals surface area contributed by atoms with Crippen LogP contribution in [0.25, 0.3) is 0 Å². The number of nitrogens with one attached hydrogen (secondary N) is 1. The fourth-order valence-corrected chi connectivity index (χ4v) is 2.36. The van der Waals surface area contributed by atoms with E-state index in [9.17, 15) is 10.1 Å². The molecule has 0 radical (unpaired) electrons. The van der Waals surface area contributed by atoms with E-state index in [-0.39, 0.29) is 5.91 Å². The molecule has 1 aromatic rings. The van der Waals surface area contributed by atoms with E-state index in [4.69, 9.17) is 11.6 Å². The van der Waals surface area contributed by atoms with Crippen molar-refractivity contribution < 1.29 is 4.79 Å². The SMILES string of the molecule is N#CC1(C(=O)Nc2ccc(Cl)nc2)CCCCC1. The normalized spacial score (nSPS) is 17.8.